The zero-order valence-electron chi connectivity index (χ0n) is 10.7. The molecule has 2 atom stereocenters. The van der Waals surface area contributed by atoms with Gasteiger partial charge >= 0.3 is 11.9 Å². The number of carbonyl (C=O) groups excluding carboxylic acids is 1. The highest BCUT2D eigenvalue weighted by Gasteiger charge is 2.31. The number of esters is 1. The summed E-state index contributed by atoms with van der Waals surface area (Å²) in [7, 11) is 0. The summed E-state index contributed by atoms with van der Waals surface area (Å²) in [6.07, 6.45) is 1.98. The van der Waals surface area contributed by atoms with Gasteiger partial charge in [-0.15, -0.1) is 0 Å². The third-order valence-electron chi connectivity index (χ3n) is 2.54. The van der Waals surface area contributed by atoms with E-state index >= 15 is 0 Å². The van der Waals surface area contributed by atoms with E-state index in [9.17, 15) is 9.59 Å². The van der Waals surface area contributed by atoms with E-state index in [2.05, 4.69) is 11.7 Å². The maximum Gasteiger partial charge on any atom is 0.338 e. The van der Waals surface area contributed by atoms with Gasteiger partial charge in [0.05, 0.1) is 6.61 Å². The predicted molar refractivity (Wildman–Crippen MR) is 64.0 cm³/mol. The molecule has 0 rings (SSSR count). The molecule has 18 heavy (non-hydrogen) atoms. The molecule has 0 aliphatic rings. The first-order valence-corrected chi connectivity index (χ1v) is 6.26. The molecule has 0 fully saturated rings. The summed E-state index contributed by atoms with van der Waals surface area (Å²) in [6, 6.07) is 0. The second-order valence-electron chi connectivity index (χ2n) is 4.16. The zero-order valence-corrected chi connectivity index (χ0v) is 10.7. The Hall–Kier alpha value is -1.14. The summed E-state index contributed by atoms with van der Waals surface area (Å²) in [5.74, 6) is -2.75. The molecule has 0 amide bonds. The summed E-state index contributed by atoms with van der Waals surface area (Å²) in [5, 5.41) is 26.4. The van der Waals surface area contributed by atoms with E-state index in [1.54, 1.807) is 0 Å². The van der Waals surface area contributed by atoms with Gasteiger partial charge in [-0.2, -0.15) is 0 Å². The average Bonchev–Trinajstić information content (AvgIpc) is 2.35. The maximum atomic E-state index is 11.1. The van der Waals surface area contributed by atoms with Gasteiger partial charge in [0.25, 0.3) is 0 Å². The monoisotopic (exact) mass is 262 g/mol. The molecule has 6 nitrogen and oxygen atoms in total. The van der Waals surface area contributed by atoms with E-state index < -0.39 is 24.1 Å². The molecule has 0 bridgehead atoms. The number of carbonyl (C=O) groups is 2. The molecule has 0 aliphatic heterocycles. The standard InChI is InChI=1S/C12H22O6/c1-2-3-4-5-6-7-8-18-12(17)10(14)9(13)11(15)16/h9-10,13-14H,2-8H2,1H3,(H,15,16). The van der Waals surface area contributed by atoms with Crippen LogP contribution in [0.15, 0.2) is 0 Å². The molecule has 6 heteroatoms. The van der Waals surface area contributed by atoms with E-state index in [1.807, 2.05) is 0 Å². The number of aliphatic hydroxyl groups is 2. The van der Waals surface area contributed by atoms with Crippen molar-refractivity contribution in [1.82, 2.24) is 0 Å². The molecule has 0 saturated heterocycles. The minimum Gasteiger partial charge on any atom is -0.479 e. The van der Waals surface area contributed by atoms with Crippen LogP contribution in [0.5, 0.6) is 0 Å². The predicted octanol–water partition coefficient (Wildman–Crippen LogP) is 0.697. The minimum absolute atomic E-state index is 0.133. The molecule has 0 aliphatic carbocycles. The lowest BCUT2D eigenvalue weighted by atomic mass is 10.1. The molecule has 2 unspecified atom stereocenters. The molecule has 106 valence electrons. The van der Waals surface area contributed by atoms with Crippen LogP contribution in [-0.2, 0) is 14.3 Å². The van der Waals surface area contributed by atoms with E-state index in [0.717, 1.165) is 25.7 Å². The highest BCUT2D eigenvalue weighted by Crippen LogP contribution is 2.05. The molecule has 0 radical (unpaired) electrons. The third kappa shape index (κ3) is 7.24. The number of hydrogen-bond donors (Lipinski definition) is 3. The van der Waals surface area contributed by atoms with E-state index in [0.29, 0.717) is 6.42 Å². The van der Waals surface area contributed by atoms with Crippen molar-refractivity contribution in [3.63, 3.8) is 0 Å². The summed E-state index contributed by atoms with van der Waals surface area (Å²) in [5.41, 5.74) is 0. The van der Waals surface area contributed by atoms with E-state index in [4.69, 9.17) is 15.3 Å². The van der Waals surface area contributed by atoms with Crippen LogP contribution in [0.3, 0.4) is 0 Å². The van der Waals surface area contributed by atoms with Crippen LogP contribution < -0.4 is 0 Å². The first-order valence-electron chi connectivity index (χ1n) is 6.26. The number of rotatable bonds is 10. The highest BCUT2D eigenvalue weighted by atomic mass is 16.5. The summed E-state index contributed by atoms with van der Waals surface area (Å²) < 4.78 is 4.67. The molecule has 0 saturated carbocycles. The largest absolute Gasteiger partial charge is 0.479 e. The fourth-order valence-corrected chi connectivity index (χ4v) is 1.40. The normalized spacial score (nSPS) is 13.9. The minimum atomic E-state index is -2.14. The molecule has 0 spiro atoms. The van der Waals surface area contributed by atoms with Gasteiger partial charge in [0.15, 0.2) is 12.2 Å². The van der Waals surface area contributed by atoms with E-state index in [-0.39, 0.29) is 6.61 Å². The van der Waals surface area contributed by atoms with Gasteiger partial charge in [-0.05, 0) is 6.42 Å². The van der Waals surface area contributed by atoms with Crippen LogP contribution in [-0.4, -0.2) is 46.1 Å². The number of ether oxygens (including phenoxy) is 1. The molecule has 0 heterocycles. The second kappa shape index (κ2) is 9.85. The van der Waals surface area contributed by atoms with Crippen molar-refractivity contribution >= 4 is 11.9 Å². The van der Waals surface area contributed by atoms with E-state index in [1.165, 1.54) is 6.42 Å². The van der Waals surface area contributed by atoms with Gasteiger partial charge in [-0.3, -0.25) is 0 Å². The van der Waals surface area contributed by atoms with Crippen LogP contribution in [0, 0.1) is 0 Å². The van der Waals surface area contributed by atoms with Crippen LogP contribution in [0.25, 0.3) is 0 Å². The topological polar surface area (TPSA) is 104 Å². The van der Waals surface area contributed by atoms with Gasteiger partial charge in [-0.1, -0.05) is 39.0 Å². The number of carboxylic acid groups (broad SMARTS) is 1. The Labute approximate surface area is 107 Å². The Balaban J connectivity index is 3.61. The van der Waals surface area contributed by atoms with Gasteiger partial charge in [-0.25, -0.2) is 9.59 Å². The lowest BCUT2D eigenvalue weighted by Gasteiger charge is -2.13. The smallest absolute Gasteiger partial charge is 0.338 e. The number of carboxylic acids is 1. The first-order chi connectivity index (χ1) is 8.50. The van der Waals surface area contributed by atoms with Crippen LogP contribution in [0.1, 0.15) is 45.4 Å². The highest BCUT2D eigenvalue weighted by molar-refractivity contribution is 5.84. The number of aliphatic hydroxyl groups excluding tert-OH is 2. The van der Waals surface area contributed by atoms with Crippen molar-refractivity contribution in [3.8, 4) is 0 Å². The first kappa shape index (κ1) is 16.9. The van der Waals surface area contributed by atoms with Crippen molar-refractivity contribution in [3.05, 3.63) is 0 Å². The van der Waals surface area contributed by atoms with Gasteiger partial charge in [0.2, 0.25) is 0 Å². The zero-order chi connectivity index (χ0) is 14.0. The van der Waals surface area contributed by atoms with Crippen molar-refractivity contribution in [2.75, 3.05) is 6.61 Å². The molecular weight excluding hydrogens is 240 g/mol. The fraction of sp³-hybridized carbons (Fsp3) is 0.833. The quantitative estimate of drug-likeness (QED) is 0.395. The fourth-order valence-electron chi connectivity index (χ4n) is 1.40. The second-order valence-corrected chi connectivity index (χ2v) is 4.16. The third-order valence-corrected chi connectivity index (χ3v) is 2.54. The Kier molecular flexibility index (Phi) is 9.22. The number of hydrogen-bond acceptors (Lipinski definition) is 5. The SMILES string of the molecule is CCCCCCCCOC(=O)C(O)C(O)C(=O)O. The Morgan fingerprint density at radius 1 is 1.00 bits per heavy atom. The molecular formula is C12H22O6. The van der Waals surface area contributed by atoms with Crippen molar-refractivity contribution in [1.29, 1.82) is 0 Å². The molecule has 3 N–H and O–H groups in total. The molecule has 0 aromatic carbocycles. The number of aliphatic carboxylic acids is 1. The van der Waals surface area contributed by atoms with Crippen molar-refractivity contribution < 1.29 is 29.6 Å². The van der Waals surface area contributed by atoms with Crippen LogP contribution >= 0.6 is 0 Å². The van der Waals surface area contributed by atoms with Gasteiger partial charge in [0, 0.05) is 0 Å². The van der Waals surface area contributed by atoms with Crippen LogP contribution in [0.2, 0.25) is 0 Å². The lowest BCUT2D eigenvalue weighted by molar-refractivity contribution is -0.169. The molecule has 0 aromatic heterocycles. The van der Waals surface area contributed by atoms with Crippen molar-refractivity contribution in [2.45, 2.75) is 57.7 Å². The maximum absolute atomic E-state index is 11.1. The Bertz CT molecular complexity index is 253. The lowest BCUT2D eigenvalue weighted by Crippen LogP contribution is -2.40. The summed E-state index contributed by atoms with van der Waals surface area (Å²) in [4.78, 5) is 21.4. The Morgan fingerprint density at radius 2 is 1.56 bits per heavy atom. The Morgan fingerprint density at radius 3 is 2.11 bits per heavy atom. The average molecular weight is 262 g/mol. The number of unbranched alkanes of at least 4 members (excludes halogenated alkanes) is 5. The summed E-state index contributed by atoms with van der Waals surface area (Å²) >= 11 is 0. The van der Waals surface area contributed by atoms with Gasteiger partial charge < -0.3 is 20.1 Å². The van der Waals surface area contributed by atoms with Crippen LogP contribution in [0.4, 0.5) is 0 Å². The van der Waals surface area contributed by atoms with Gasteiger partial charge in [0.1, 0.15) is 0 Å². The summed E-state index contributed by atoms with van der Waals surface area (Å²) in [6.45, 7) is 2.26. The van der Waals surface area contributed by atoms with Crippen molar-refractivity contribution in [2.24, 2.45) is 0 Å². The molecule has 0 aromatic rings.